The lowest BCUT2D eigenvalue weighted by atomic mass is 9.92. The highest BCUT2D eigenvalue weighted by Crippen LogP contribution is 2.51. The number of nitrogens with zero attached hydrogens (tertiary/aromatic N) is 3. The van der Waals surface area contributed by atoms with Gasteiger partial charge in [0.15, 0.2) is 0 Å². The zero-order chi connectivity index (χ0) is 37.2. The van der Waals surface area contributed by atoms with Gasteiger partial charge in [0.05, 0.1) is 22.2 Å². The molecule has 4 heteroatoms. The Morgan fingerprint density at radius 3 is 1.96 bits per heavy atom. The topological polar surface area (TPSA) is 22.8 Å². The van der Waals surface area contributed by atoms with E-state index >= 15 is 0 Å². The number of hydrogen-bond acceptors (Lipinski definition) is 2. The number of aromatic nitrogens is 3. The first-order chi connectivity index (χ1) is 28.3. The Morgan fingerprint density at radius 2 is 1.23 bits per heavy atom. The largest absolute Gasteiger partial charge is 0.313 e. The highest BCUT2D eigenvalue weighted by atomic mass is 32.2. The van der Waals surface area contributed by atoms with Crippen LogP contribution in [-0.2, 0) is 6.42 Å². The number of para-hydroxylation sites is 2. The molecule has 0 saturated heterocycles. The van der Waals surface area contributed by atoms with Crippen LogP contribution in [0.3, 0.4) is 0 Å². The maximum atomic E-state index is 5.08. The molecule has 0 amide bonds. The third-order valence-electron chi connectivity index (χ3n) is 12.7. The van der Waals surface area contributed by atoms with Gasteiger partial charge in [-0.3, -0.25) is 4.98 Å². The molecule has 0 fully saturated rings. The predicted molar refractivity (Wildman–Crippen MR) is 242 cm³/mol. The second-order valence-electron chi connectivity index (χ2n) is 15.7. The van der Waals surface area contributed by atoms with Crippen LogP contribution in [0.1, 0.15) is 29.7 Å². The molecule has 0 radical (unpaired) electrons. The first-order valence-corrected chi connectivity index (χ1v) is 20.9. The van der Waals surface area contributed by atoms with Crippen molar-refractivity contribution in [2.24, 2.45) is 0 Å². The smallest absolute Gasteiger partial charge is 0.0709 e. The molecule has 3 nitrogen and oxygen atoms in total. The maximum absolute atomic E-state index is 5.08. The average Bonchev–Trinajstić information content (AvgIpc) is 3.93. The van der Waals surface area contributed by atoms with E-state index in [9.17, 15) is 0 Å². The summed E-state index contributed by atoms with van der Waals surface area (Å²) in [5.41, 5.74) is 13.9. The third-order valence-corrected chi connectivity index (χ3v) is 14.0. The second kappa shape index (κ2) is 11.9. The van der Waals surface area contributed by atoms with Crippen molar-refractivity contribution < 1.29 is 0 Å². The summed E-state index contributed by atoms with van der Waals surface area (Å²) >= 11 is 1.97. The summed E-state index contributed by atoms with van der Waals surface area (Å²) in [5, 5.41) is 12.0. The van der Waals surface area contributed by atoms with Gasteiger partial charge in [-0.2, -0.15) is 0 Å². The number of benzene rings is 7. The van der Waals surface area contributed by atoms with Gasteiger partial charge < -0.3 is 9.13 Å². The number of fused-ring (bicyclic) bond motifs is 15. The third kappa shape index (κ3) is 4.53. The van der Waals surface area contributed by atoms with Crippen molar-refractivity contribution in [2.45, 2.75) is 29.4 Å². The molecule has 3 aromatic heterocycles. The zero-order valence-corrected chi connectivity index (χ0v) is 31.9. The van der Waals surface area contributed by atoms with Gasteiger partial charge in [-0.05, 0) is 111 Å². The summed E-state index contributed by atoms with van der Waals surface area (Å²) in [6.45, 7) is 0. The van der Waals surface area contributed by atoms with Crippen molar-refractivity contribution in [2.75, 3.05) is 0 Å². The number of rotatable bonds is 3. The first-order valence-electron chi connectivity index (χ1n) is 20.0. The molecule has 1 atom stereocenters. The van der Waals surface area contributed by atoms with Crippen LogP contribution in [0.25, 0.3) is 99.3 Å². The molecule has 0 spiro atoms. The van der Waals surface area contributed by atoms with Crippen LogP contribution in [0.2, 0.25) is 0 Å². The van der Waals surface area contributed by atoms with Gasteiger partial charge in [-0.15, -0.1) is 11.8 Å². The Labute approximate surface area is 333 Å². The first kappa shape index (κ1) is 31.6. The van der Waals surface area contributed by atoms with E-state index in [1.165, 1.54) is 104 Å². The summed E-state index contributed by atoms with van der Waals surface area (Å²) in [7, 11) is 0. The van der Waals surface area contributed by atoms with Crippen molar-refractivity contribution in [3.8, 4) is 16.9 Å². The monoisotopic (exact) mass is 745 g/mol. The molecule has 0 saturated carbocycles. The number of thioether (sulfide) groups is 1. The van der Waals surface area contributed by atoms with Crippen molar-refractivity contribution in [1.29, 1.82) is 0 Å². The van der Waals surface area contributed by atoms with E-state index in [4.69, 9.17) is 4.98 Å². The minimum Gasteiger partial charge on any atom is -0.313 e. The molecule has 1 unspecified atom stereocenters. The SMILES string of the molecule is C1=Cc2c(n(C3=CCC4Sc5cnc(-c6ccc7c8ccccc8c8ccccc8c7c6)cc5C4=C3)c3ccc(-n4c5ccccc5c5ccccc54)cc23)CC1. The van der Waals surface area contributed by atoms with Crippen molar-refractivity contribution in [3.05, 3.63) is 181 Å². The van der Waals surface area contributed by atoms with Gasteiger partial charge in [0, 0.05) is 60.7 Å². The highest BCUT2D eigenvalue weighted by Gasteiger charge is 2.32. The fraction of sp³-hybridized carbons (Fsp3) is 0.0755. The molecular formula is C53H35N3S. The van der Waals surface area contributed by atoms with Gasteiger partial charge in [0.1, 0.15) is 0 Å². The van der Waals surface area contributed by atoms with Crippen molar-refractivity contribution >= 4 is 94.1 Å². The molecule has 7 aromatic carbocycles. The van der Waals surface area contributed by atoms with E-state index in [-0.39, 0.29) is 0 Å². The van der Waals surface area contributed by atoms with Gasteiger partial charge >= 0.3 is 0 Å². The molecule has 10 aromatic rings. The Morgan fingerprint density at radius 1 is 0.579 bits per heavy atom. The zero-order valence-electron chi connectivity index (χ0n) is 31.1. The van der Waals surface area contributed by atoms with E-state index in [1.54, 1.807) is 0 Å². The molecule has 1 aliphatic heterocycles. The van der Waals surface area contributed by atoms with Crippen LogP contribution in [0.4, 0.5) is 0 Å². The van der Waals surface area contributed by atoms with Crippen molar-refractivity contribution in [1.82, 2.24) is 14.1 Å². The molecule has 2 aliphatic carbocycles. The Balaban J connectivity index is 0.934. The van der Waals surface area contributed by atoms with Gasteiger partial charge in [0.25, 0.3) is 0 Å². The minimum absolute atomic E-state index is 0.396. The molecule has 4 heterocycles. The lowest BCUT2D eigenvalue weighted by Crippen LogP contribution is -2.10. The number of allylic oxidation sites excluding steroid dienone is 4. The normalized spacial score (nSPS) is 16.1. The number of hydrogen-bond donors (Lipinski definition) is 0. The van der Waals surface area contributed by atoms with E-state index < -0.39 is 0 Å². The molecule has 0 N–H and O–H groups in total. The quantitative estimate of drug-likeness (QED) is 0.168. The fourth-order valence-corrected chi connectivity index (χ4v) is 11.4. The molecule has 57 heavy (non-hydrogen) atoms. The van der Waals surface area contributed by atoms with Crippen LogP contribution in [0, 0.1) is 0 Å². The van der Waals surface area contributed by atoms with Crippen molar-refractivity contribution in [3.63, 3.8) is 0 Å². The van der Waals surface area contributed by atoms with Crippen LogP contribution >= 0.6 is 11.8 Å². The predicted octanol–water partition coefficient (Wildman–Crippen LogP) is 14.0. The molecule has 3 aliphatic rings. The van der Waals surface area contributed by atoms with Gasteiger partial charge in [-0.1, -0.05) is 115 Å². The summed E-state index contributed by atoms with van der Waals surface area (Å²) in [5.74, 6) is 0. The molecule has 0 bridgehead atoms. The maximum Gasteiger partial charge on any atom is 0.0709 e. The van der Waals surface area contributed by atoms with Crippen LogP contribution in [0.5, 0.6) is 0 Å². The van der Waals surface area contributed by atoms with E-state index in [1.807, 2.05) is 11.8 Å². The van der Waals surface area contributed by atoms with Gasteiger partial charge in [0.2, 0.25) is 0 Å². The van der Waals surface area contributed by atoms with Crippen LogP contribution in [-0.4, -0.2) is 19.4 Å². The fourth-order valence-electron chi connectivity index (χ4n) is 10.2. The summed E-state index contributed by atoms with van der Waals surface area (Å²) < 4.78 is 5.00. The number of pyridine rings is 1. The lowest BCUT2D eigenvalue weighted by Gasteiger charge is -2.21. The van der Waals surface area contributed by atoms with E-state index in [0.29, 0.717) is 5.25 Å². The molecule has 268 valence electrons. The lowest BCUT2D eigenvalue weighted by molar-refractivity contribution is 0.895. The summed E-state index contributed by atoms with van der Waals surface area (Å²) in [4.78, 5) is 6.36. The second-order valence-corrected chi connectivity index (χ2v) is 16.9. The Kier molecular flexibility index (Phi) is 6.61. The standard InChI is InChI=1S/C53H35N3S/c1-2-13-37-35(11-1)36-12-3-4-14-38(36)43-27-32(21-24-39(37)43)47-30-46-45-29-34(23-26-52(45)57-53(46)31-54-47)56-50-20-10-7-17-42(50)44-28-33(22-25-51(44)56)55-48-18-8-5-15-40(48)41-16-6-9-19-49(41)55/h1-9,11-19,21-25,27-31,52H,10,20,26H2. The molecule has 13 rings (SSSR count). The molecular weight excluding hydrogens is 711 g/mol. The van der Waals surface area contributed by atoms with Gasteiger partial charge in [-0.25, -0.2) is 0 Å². The highest BCUT2D eigenvalue weighted by molar-refractivity contribution is 8.00. The Bertz CT molecular complexity index is 3390. The summed E-state index contributed by atoms with van der Waals surface area (Å²) in [6, 6.07) is 51.5. The minimum atomic E-state index is 0.396. The van der Waals surface area contributed by atoms with Crippen LogP contribution < -0.4 is 0 Å². The van der Waals surface area contributed by atoms with Crippen LogP contribution in [0.15, 0.2) is 169 Å². The Hall–Kier alpha value is -6.62. The van der Waals surface area contributed by atoms with E-state index in [2.05, 4.69) is 179 Å². The summed E-state index contributed by atoms with van der Waals surface area (Å²) in [6.07, 6.45) is 14.9. The van der Waals surface area contributed by atoms with E-state index in [0.717, 1.165) is 30.5 Å². The average molecular weight is 746 g/mol.